The average Bonchev–Trinajstić information content (AvgIpc) is 3.01. The normalized spacial score (nSPS) is 11.6. The zero-order valence-electron chi connectivity index (χ0n) is 12.5. The van der Waals surface area contributed by atoms with E-state index < -0.39 is 15.8 Å². The summed E-state index contributed by atoms with van der Waals surface area (Å²) < 4.78 is 38.3. The number of sulfonamides is 1. The van der Waals surface area contributed by atoms with Crippen molar-refractivity contribution in [2.45, 2.75) is 11.3 Å². The van der Waals surface area contributed by atoms with Crippen molar-refractivity contribution in [1.29, 1.82) is 0 Å². The molecular weight excluding hydrogens is 339 g/mol. The van der Waals surface area contributed by atoms with Crippen LogP contribution in [0.4, 0.5) is 4.39 Å². The van der Waals surface area contributed by atoms with Crippen molar-refractivity contribution in [1.82, 2.24) is 9.62 Å². The number of thiophene rings is 1. The van der Waals surface area contributed by atoms with Gasteiger partial charge in [0.1, 0.15) is 5.82 Å². The number of rotatable bonds is 7. The molecule has 0 radical (unpaired) electrons. The first kappa shape index (κ1) is 17.6. The van der Waals surface area contributed by atoms with Crippen LogP contribution in [0.3, 0.4) is 0 Å². The van der Waals surface area contributed by atoms with Crippen molar-refractivity contribution in [2.75, 3.05) is 20.1 Å². The zero-order chi connectivity index (χ0) is 16.9. The van der Waals surface area contributed by atoms with E-state index in [0.717, 1.165) is 22.0 Å². The monoisotopic (exact) mass is 356 g/mol. The molecule has 0 bridgehead atoms. The van der Waals surface area contributed by atoms with Gasteiger partial charge in [0, 0.05) is 13.6 Å². The van der Waals surface area contributed by atoms with Crippen molar-refractivity contribution in [3.8, 4) is 0 Å². The van der Waals surface area contributed by atoms with Gasteiger partial charge in [0.15, 0.2) is 0 Å². The molecule has 0 aliphatic rings. The molecule has 0 fully saturated rings. The predicted molar refractivity (Wildman–Crippen MR) is 87.2 cm³/mol. The summed E-state index contributed by atoms with van der Waals surface area (Å²) in [6.45, 7) is 0.156. The van der Waals surface area contributed by atoms with Gasteiger partial charge in [0.25, 0.3) is 0 Å². The molecule has 5 nitrogen and oxygen atoms in total. The van der Waals surface area contributed by atoms with Crippen LogP contribution in [0, 0.1) is 5.82 Å². The second-order valence-electron chi connectivity index (χ2n) is 4.95. The van der Waals surface area contributed by atoms with Crippen LogP contribution in [-0.2, 0) is 21.2 Å². The lowest BCUT2D eigenvalue weighted by Gasteiger charge is -2.16. The Kier molecular flexibility index (Phi) is 5.86. The maximum absolute atomic E-state index is 12.9. The SMILES string of the molecule is CN(CC(=O)NCCc1ccsc1)S(=O)(=O)c1ccc(F)cc1. The van der Waals surface area contributed by atoms with Gasteiger partial charge in [-0.15, -0.1) is 0 Å². The van der Waals surface area contributed by atoms with Crippen molar-refractivity contribution in [2.24, 2.45) is 0 Å². The van der Waals surface area contributed by atoms with Crippen molar-refractivity contribution in [3.05, 3.63) is 52.5 Å². The van der Waals surface area contributed by atoms with Crippen molar-refractivity contribution >= 4 is 27.3 Å². The minimum absolute atomic E-state index is 0.0486. The Morgan fingerprint density at radius 3 is 2.57 bits per heavy atom. The summed E-state index contributed by atoms with van der Waals surface area (Å²) in [6.07, 6.45) is 0.698. The standard InChI is InChI=1S/C15H17FN2O3S2/c1-18(23(20,21)14-4-2-13(16)3-5-14)10-15(19)17-8-6-12-7-9-22-11-12/h2-5,7,9,11H,6,8,10H2,1H3,(H,17,19). The lowest BCUT2D eigenvalue weighted by Crippen LogP contribution is -2.39. The fourth-order valence-electron chi connectivity index (χ4n) is 1.91. The Labute approximate surface area is 138 Å². The molecule has 0 unspecified atom stereocenters. The molecule has 1 aromatic heterocycles. The van der Waals surface area contributed by atoms with E-state index in [1.165, 1.54) is 19.2 Å². The van der Waals surface area contributed by atoms with Crippen LogP contribution in [-0.4, -0.2) is 38.8 Å². The van der Waals surface area contributed by atoms with Gasteiger partial charge in [-0.3, -0.25) is 4.79 Å². The highest BCUT2D eigenvalue weighted by molar-refractivity contribution is 7.89. The number of carbonyl (C=O) groups excluding carboxylic acids is 1. The number of nitrogens with zero attached hydrogens (tertiary/aromatic N) is 1. The highest BCUT2D eigenvalue weighted by Crippen LogP contribution is 2.14. The largest absolute Gasteiger partial charge is 0.355 e. The molecule has 1 aromatic carbocycles. The first-order chi connectivity index (χ1) is 10.9. The van der Waals surface area contributed by atoms with E-state index in [0.29, 0.717) is 13.0 Å². The number of nitrogens with one attached hydrogen (secondary N) is 1. The number of amides is 1. The van der Waals surface area contributed by atoms with E-state index in [4.69, 9.17) is 0 Å². The summed E-state index contributed by atoms with van der Waals surface area (Å²) in [5, 5.41) is 6.64. The number of hydrogen-bond donors (Lipinski definition) is 1. The van der Waals surface area contributed by atoms with Crippen LogP contribution in [0.1, 0.15) is 5.56 Å². The van der Waals surface area contributed by atoms with Crippen LogP contribution in [0.15, 0.2) is 46.0 Å². The Morgan fingerprint density at radius 2 is 1.96 bits per heavy atom. The van der Waals surface area contributed by atoms with Gasteiger partial charge in [-0.1, -0.05) is 0 Å². The summed E-state index contributed by atoms with van der Waals surface area (Å²) in [5.41, 5.74) is 1.13. The number of likely N-dealkylation sites (N-methyl/N-ethyl adjacent to an activating group) is 1. The van der Waals surface area contributed by atoms with Gasteiger partial charge < -0.3 is 5.32 Å². The maximum Gasteiger partial charge on any atom is 0.243 e. The topological polar surface area (TPSA) is 66.5 Å². The molecule has 1 N–H and O–H groups in total. The Hall–Kier alpha value is -1.77. The van der Waals surface area contributed by atoms with Crippen LogP contribution in [0.2, 0.25) is 0 Å². The molecule has 124 valence electrons. The third-order valence-electron chi connectivity index (χ3n) is 3.20. The van der Waals surface area contributed by atoms with Gasteiger partial charge in [0.05, 0.1) is 11.4 Å². The third kappa shape index (κ3) is 4.85. The summed E-state index contributed by atoms with van der Waals surface area (Å²) in [6, 6.07) is 6.47. The predicted octanol–water partition coefficient (Wildman–Crippen LogP) is 1.87. The first-order valence-corrected chi connectivity index (χ1v) is 9.27. The molecule has 1 heterocycles. The quantitative estimate of drug-likeness (QED) is 0.824. The summed E-state index contributed by atoms with van der Waals surface area (Å²) >= 11 is 1.58. The molecule has 1 amide bonds. The average molecular weight is 356 g/mol. The van der Waals surface area contributed by atoms with E-state index in [1.54, 1.807) is 11.3 Å². The van der Waals surface area contributed by atoms with E-state index in [2.05, 4.69) is 5.32 Å². The van der Waals surface area contributed by atoms with Gasteiger partial charge >= 0.3 is 0 Å². The second kappa shape index (κ2) is 7.67. The highest BCUT2D eigenvalue weighted by Gasteiger charge is 2.22. The lowest BCUT2D eigenvalue weighted by molar-refractivity contribution is -0.121. The molecule has 2 rings (SSSR count). The van der Waals surface area contributed by atoms with Crippen molar-refractivity contribution in [3.63, 3.8) is 0 Å². The van der Waals surface area contributed by atoms with Gasteiger partial charge in [-0.2, -0.15) is 15.6 Å². The fraction of sp³-hybridized carbons (Fsp3) is 0.267. The van der Waals surface area contributed by atoms with Crippen LogP contribution in [0.25, 0.3) is 0 Å². The molecule has 0 aliphatic heterocycles. The molecule has 2 aromatic rings. The molecule has 23 heavy (non-hydrogen) atoms. The number of carbonyl (C=O) groups is 1. The highest BCUT2D eigenvalue weighted by atomic mass is 32.2. The number of hydrogen-bond acceptors (Lipinski definition) is 4. The van der Waals surface area contributed by atoms with E-state index in [-0.39, 0.29) is 17.3 Å². The Morgan fingerprint density at radius 1 is 1.26 bits per heavy atom. The van der Waals surface area contributed by atoms with Gasteiger partial charge in [0.2, 0.25) is 15.9 Å². The number of halogens is 1. The molecule has 8 heteroatoms. The molecule has 0 aliphatic carbocycles. The third-order valence-corrected chi connectivity index (χ3v) is 5.75. The van der Waals surface area contributed by atoms with Crippen LogP contribution >= 0.6 is 11.3 Å². The Balaban J connectivity index is 1.88. The molecule has 0 saturated heterocycles. The maximum atomic E-state index is 12.9. The number of benzene rings is 1. The summed E-state index contributed by atoms with van der Waals surface area (Å²) in [4.78, 5) is 11.8. The van der Waals surface area contributed by atoms with E-state index in [9.17, 15) is 17.6 Å². The summed E-state index contributed by atoms with van der Waals surface area (Å²) in [7, 11) is -2.49. The molecular formula is C15H17FN2O3S2. The lowest BCUT2D eigenvalue weighted by atomic mass is 10.2. The molecule has 0 saturated carbocycles. The molecule has 0 atom stereocenters. The fourth-order valence-corrected chi connectivity index (χ4v) is 3.74. The van der Waals surface area contributed by atoms with E-state index >= 15 is 0 Å². The van der Waals surface area contributed by atoms with Gasteiger partial charge in [-0.05, 0) is 53.1 Å². The minimum Gasteiger partial charge on any atom is -0.355 e. The van der Waals surface area contributed by atoms with E-state index in [1.807, 2.05) is 16.8 Å². The summed E-state index contributed by atoms with van der Waals surface area (Å²) in [5.74, 6) is -0.897. The second-order valence-corrected chi connectivity index (χ2v) is 7.77. The van der Waals surface area contributed by atoms with Crippen molar-refractivity contribution < 1.29 is 17.6 Å². The Bertz CT molecular complexity index is 744. The van der Waals surface area contributed by atoms with Gasteiger partial charge in [-0.25, -0.2) is 12.8 Å². The van der Waals surface area contributed by atoms with Crippen LogP contribution < -0.4 is 5.32 Å². The molecule has 0 spiro atoms. The minimum atomic E-state index is -3.81. The van der Waals surface area contributed by atoms with Crippen LogP contribution in [0.5, 0.6) is 0 Å². The zero-order valence-corrected chi connectivity index (χ0v) is 14.2. The first-order valence-electron chi connectivity index (χ1n) is 6.89. The smallest absolute Gasteiger partial charge is 0.243 e.